The number of hydrogen-bond acceptors (Lipinski definition) is 2. The van der Waals surface area contributed by atoms with Crippen molar-refractivity contribution in [3.8, 4) is 0 Å². The Morgan fingerprint density at radius 1 is 1.11 bits per heavy atom. The molecule has 1 aliphatic carbocycles. The highest BCUT2D eigenvalue weighted by Gasteiger charge is 2.15. The summed E-state index contributed by atoms with van der Waals surface area (Å²) in [5, 5.41) is 20.6. The van der Waals surface area contributed by atoms with E-state index in [2.05, 4.69) is 31.2 Å². The maximum atomic E-state index is 9.22. The lowest BCUT2D eigenvalue weighted by atomic mass is 9.78. The molecule has 1 unspecified atom stereocenters. The van der Waals surface area contributed by atoms with Crippen molar-refractivity contribution in [3.05, 3.63) is 47.5 Å². The largest absolute Gasteiger partial charge is 0.488 e. The zero-order valence-corrected chi connectivity index (χ0v) is 10.3. The van der Waals surface area contributed by atoms with Crippen molar-refractivity contribution >= 4 is 29.4 Å². The molecule has 0 bridgehead atoms. The molecule has 0 fully saturated rings. The summed E-state index contributed by atoms with van der Waals surface area (Å²) < 4.78 is 0. The third-order valence-corrected chi connectivity index (χ3v) is 3.68. The van der Waals surface area contributed by atoms with Gasteiger partial charge in [-0.3, -0.25) is 0 Å². The van der Waals surface area contributed by atoms with E-state index in [1.165, 1.54) is 11.1 Å². The number of fused-ring (bicyclic) bond motifs is 2. The van der Waals surface area contributed by atoms with Gasteiger partial charge in [-0.25, -0.2) is 0 Å². The summed E-state index contributed by atoms with van der Waals surface area (Å²) in [6, 6.07) is 9.90. The van der Waals surface area contributed by atoms with Gasteiger partial charge in [0.2, 0.25) is 0 Å². The van der Waals surface area contributed by atoms with Gasteiger partial charge < -0.3 is 10.0 Å². The molecule has 3 heteroatoms. The van der Waals surface area contributed by atoms with Crippen LogP contribution in [0.25, 0.3) is 16.8 Å². The van der Waals surface area contributed by atoms with E-state index in [4.69, 9.17) is 0 Å². The van der Waals surface area contributed by atoms with Gasteiger partial charge >= 0.3 is 7.12 Å². The summed E-state index contributed by atoms with van der Waals surface area (Å²) in [6.07, 6.45) is 5.45. The number of rotatable bonds is 1. The lowest BCUT2D eigenvalue weighted by Crippen LogP contribution is -2.29. The highest BCUT2D eigenvalue weighted by molar-refractivity contribution is 6.58. The molecular formula is C15H15BO2. The van der Waals surface area contributed by atoms with Crippen LogP contribution in [0.1, 0.15) is 30.4 Å². The van der Waals surface area contributed by atoms with Crippen molar-refractivity contribution in [2.45, 2.75) is 19.3 Å². The van der Waals surface area contributed by atoms with Gasteiger partial charge in [0.05, 0.1) is 0 Å². The quantitative estimate of drug-likeness (QED) is 0.746. The van der Waals surface area contributed by atoms with Gasteiger partial charge in [0.1, 0.15) is 0 Å². The SMILES string of the molecule is CC1CC=Cc2cc3ccc(B(O)O)cc3cc21. The Kier molecular flexibility index (Phi) is 2.73. The number of hydrogen-bond donors (Lipinski definition) is 2. The average Bonchev–Trinajstić information content (AvgIpc) is 2.36. The molecule has 0 radical (unpaired) electrons. The molecule has 18 heavy (non-hydrogen) atoms. The number of benzene rings is 2. The lowest BCUT2D eigenvalue weighted by Gasteiger charge is -2.18. The highest BCUT2D eigenvalue weighted by atomic mass is 16.4. The fraction of sp³-hybridized carbons (Fsp3) is 0.200. The second-order valence-electron chi connectivity index (χ2n) is 5.00. The number of allylic oxidation sites excluding steroid dienone is 1. The molecule has 0 saturated carbocycles. The summed E-state index contributed by atoms with van der Waals surface area (Å²) in [7, 11) is -1.40. The van der Waals surface area contributed by atoms with Crippen molar-refractivity contribution in [2.24, 2.45) is 0 Å². The predicted molar refractivity (Wildman–Crippen MR) is 75.8 cm³/mol. The van der Waals surface area contributed by atoms with Gasteiger partial charge in [-0.05, 0) is 45.8 Å². The van der Waals surface area contributed by atoms with E-state index in [-0.39, 0.29) is 0 Å². The lowest BCUT2D eigenvalue weighted by molar-refractivity contribution is 0.426. The van der Waals surface area contributed by atoms with Gasteiger partial charge in [-0.1, -0.05) is 43.3 Å². The van der Waals surface area contributed by atoms with Crippen molar-refractivity contribution < 1.29 is 10.0 Å². The van der Waals surface area contributed by atoms with Crippen LogP contribution in [-0.2, 0) is 0 Å². The Bertz CT molecular complexity index is 632. The molecule has 0 heterocycles. The monoisotopic (exact) mass is 238 g/mol. The minimum Gasteiger partial charge on any atom is -0.423 e. The minimum absolute atomic E-state index is 0.525. The molecule has 0 amide bonds. The van der Waals surface area contributed by atoms with Crippen LogP contribution in [0.3, 0.4) is 0 Å². The zero-order chi connectivity index (χ0) is 12.7. The maximum Gasteiger partial charge on any atom is 0.488 e. The molecule has 90 valence electrons. The van der Waals surface area contributed by atoms with Crippen LogP contribution in [0.15, 0.2) is 36.4 Å². The Morgan fingerprint density at radius 2 is 1.94 bits per heavy atom. The van der Waals surface area contributed by atoms with Crippen LogP contribution in [0, 0.1) is 0 Å². The van der Waals surface area contributed by atoms with Crippen LogP contribution in [-0.4, -0.2) is 17.2 Å². The molecule has 0 aromatic heterocycles. The summed E-state index contributed by atoms with van der Waals surface area (Å²) in [6.45, 7) is 2.22. The van der Waals surface area contributed by atoms with Crippen LogP contribution in [0.5, 0.6) is 0 Å². The zero-order valence-electron chi connectivity index (χ0n) is 10.3. The van der Waals surface area contributed by atoms with Gasteiger partial charge in [0.15, 0.2) is 0 Å². The van der Waals surface area contributed by atoms with E-state index in [0.29, 0.717) is 11.4 Å². The van der Waals surface area contributed by atoms with E-state index < -0.39 is 7.12 Å². The van der Waals surface area contributed by atoms with E-state index in [0.717, 1.165) is 17.2 Å². The third-order valence-electron chi connectivity index (χ3n) is 3.68. The molecule has 1 atom stereocenters. The third kappa shape index (κ3) is 1.86. The van der Waals surface area contributed by atoms with Crippen LogP contribution in [0.4, 0.5) is 0 Å². The van der Waals surface area contributed by atoms with E-state index in [1.807, 2.05) is 12.1 Å². The summed E-state index contributed by atoms with van der Waals surface area (Å²) in [5.41, 5.74) is 3.16. The van der Waals surface area contributed by atoms with Gasteiger partial charge in [-0.2, -0.15) is 0 Å². The van der Waals surface area contributed by atoms with Crippen molar-refractivity contribution in [1.82, 2.24) is 0 Å². The van der Waals surface area contributed by atoms with Gasteiger partial charge in [0, 0.05) is 0 Å². The Hall–Kier alpha value is -1.58. The Balaban J connectivity index is 2.22. The minimum atomic E-state index is -1.40. The van der Waals surface area contributed by atoms with Crippen LogP contribution in [0.2, 0.25) is 0 Å². The van der Waals surface area contributed by atoms with Crippen molar-refractivity contribution in [2.75, 3.05) is 0 Å². The molecule has 0 aliphatic heterocycles. The fourth-order valence-electron chi connectivity index (χ4n) is 2.61. The first kappa shape index (κ1) is 11.5. The second-order valence-corrected chi connectivity index (χ2v) is 5.00. The molecule has 2 aromatic carbocycles. The Morgan fingerprint density at radius 3 is 2.72 bits per heavy atom. The maximum absolute atomic E-state index is 9.22. The normalized spacial score (nSPS) is 17.8. The van der Waals surface area contributed by atoms with Gasteiger partial charge in [0.25, 0.3) is 0 Å². The molecule has 0 saturated heterocycles. The first-order chi connectivity index (χ1) is 8.65. The fourth-order valence-corrected chi connectivity index (χ4v) is 2.61. The molecule has 3 rings (SSSR count). The predicted octanol–water partition coefficient (Wildman–Crippen LogP) is 2.04. The molecule has 0 spiro atoms. The first-order valence-corrected chi connectivity index (χ1v) is 6.25. The van der Waals surface area contributed by atoms with Gasteiger partial charge in [-0.15, -0.1) is 0 Å². The highest BCUT2D eigenvalue weighted by Crippen LogP contribution is 2.32. The van der Waals surface area contributed by atoms with Crippen LogP contribution < -0.4 is 5.46 Å². The summed E-state index contributed by atoms with van der Waals surface area (Å²) in [4.78, 5) is 0. The average molecular weight is 238 g/mol. The second kappa shape index (κ2) is 4.27. The first-order valence-electron chi connectivity index (χ1n) is 6.25. The van der Waals surface area contributed by atoms with E-state index >= 15 is 0 Å². The topological polar surface area (TPSA) is 40.5 Å². The summed E-state index contributed by atoms with van der Waals surface area (Å²) >= 11 is 0. The molecule has 2 nitrogen and oxygen atoms in total. The Labute approximate surface area is 107 Å². The molecular weight excluding hydrogens is 223 g/mol. The van der Waals surface area contributed by atoms with Crippen molar-refractivity contribution in [1.29, 1.82) is 0 Å². The smallest absolute Gasteiger partial charge is 0.423 e. The van der Waals surface area contributed by atoms with E-state index in [9.17, 15) is 10.0 Å². The molecule has 1 aliphatic rings. The molecule has 2 aromatic rings. The van der Waals surface area contributed by atoms with E-state index in [1.54, 1.807) is 6.07 Å². The summed E-state index contributed by atoms with van der Waals surface area (Å²) in [5.74, 6) is 0.525. The van der Waals surface area contributed by atoms with Crippen LogP contribution >= 0.6 is 0 Å². The molecule has 2 N–H and O–H groups in total. The standard InChI is InChI=1S/C15H15BO2/c1-10-3-2-4-12-7-11-5-6-14(16(17)18)8-13(11)9-15(10)12/h2,4-10,17-18H,3H2,1H3. The van der Waals surface area contributed by atoms with Crippen molar-refractivity contribution in [3.63, 3.8) is 0 Å².